The van der Waals surface area contributed by atoms with Crippen molar-refractivity contribution in [2.24, 2.45) is 0 Å². The number of esters is 1. The van der Waals surface area contributed by atoms with Gasteiger partial charge in [0.25, 0.3) is 0 Å². The van der Waals surface area contributed by atoms with Gasteiger partial charge in [-0.1, -0.05) is 13.8 Å². The predicted octanol–water partition coefficient (Wildman–Crippen LogP) is 0.834. The Morgan fingerprint density at radius 1 is 1.26 bits per heavy atom. The maximum Gasteiger partial charge on any atom is 0.326 e. The third kappa shape index (κ3) is 6.64. The first-order chi connectivity index (χ1) is 8.96. The number of carboxylic acids is 1. The number of nitrogens with zero attached hydrogens (tertiary/aromatic N) is 1. The van der Waals surface area contributed by atoms with Crippen LogP contribution in [0.4, 0.5) is 4.79 Å². The molecule has 7 heteroatoms. The van der Waals surface area contributed by atoms with Crippen LogP contribution in [-0.2, 0) is 14.3 Å². The summed E-state index contributed by atoms with van der Waals surface area (Å²) < 4.78 is 4.77. The number of hydrogen-bond acceptors (Lipinski definition) is 4. The number of urea groups is 1. The summed E-state index contributed by atoms with van der Waals surface area (Å²) in [6, 6.07) is -1.52. The Balaban J connectivity index is 4.55. The van der Waals surface area contributed by atoms with Gasteiger partial charge < -0.3 is 20.1 Å². The Morgan fingerprint density at radius 3 is 2.32 bits per heavy atom. The van der Waals surface area contributed by atoms with E-state index in [1.165, 1.54) is 4.90 Å². The van der Waals surface area contributed by atoms with Gasteiger partial charge in [-0.3, -0.25) is 4.79 Å². The van der Waals surface area contributed by atoms with Crippen molar-refractivity contribution in [1.82, 2.24) is 10.2 Å². The molecule has 0 aliphatic carbocycles. The lowest BCUT2D eigenvalue weighted by Crippen LogP contribution is -2.49. The van der Waals surface area contributed by atoms with Gasteiger partial charge in [0.05, 0.1) is 6.61 Å². The summed E-state index contributed by atoms with van der Waals surface area (Å²) in [7, 11) is 0. The molecular formula is C12H22N2O5. The maximum atomic E-state index is 11.9. The molecule has 0 aromatic rings. The number of rotatable bonds is 8. The Kier molecular flexibility index (Phi) is 8.32. The molecule has 0 aromatic carbocycles. The smallest absolute Gasteiger partial charge is 0.326 e. The second-order valence-corrected chi connectivity index (χ2v) is 3.98. The summed E-state index contributed by atoms with van der Waals surface area (Å²) in [5.41, 5.74) is 0. The number of carboxylic acid groups (broad SMARTS) is 1. The van der Waals surface area contributed by atoms with Crippen LogP contribution in [0, 0.1) is 0 Å². The zero-order chi connectivity index (χ0) is 14.8. The molecule has 0 heterocycles. The molecule has 0 saturated carbocycles. The maximum absolute atomic E-state index is 11.9. The van der Waals surface area contributed by atoms with Gasteiger partial charge in [0, 0.05) is 6.54 Å². The van der Waals surface area contributed by atoms with Gasteiger partial charge in [-0.05, 0) is 19.8 Å². The molecule has 110 valence electrons. The Morgan fingerprint density at radius 2 is 1.89 bits per heavy atom. The molecule has 1 atom stereocenters. The number of aliphatic carboxylic acids is 1. The first kappa shape index (κ1) is 17.2. The van der Waals surface area contributed by atoms with E-state index in [1.807, 2.05) is 6.92 Å². The molecule has 0 unspecified atom stereocenters. The second kappa shape index (κ2) is 9.18. The van der Waals surface area contributed by atoms with Crippen molar-refractivity contribution in [2.45, 2.75) is 39.7 Å². The molecule has 19 heavy (non-hydrogen) atoms. The van der Waals surface area contributed by atoms with Gasteiger partial charge in [0.2, 0.25) is 0 Å². The number of carbonyl (C=O) groups is 3. The highest BCUT2D eigenvalue weighted by molar-refractivity contribution is 5.85. The molecule has 7 nitrogen and oxygen atoms in total. The van der Waals surface area contributed by atoms with Crippen molar-refractivity contribution < 1.29 is 24.2 Å². The molecule has 0 spiro atoms. The second-order valence-electron chi connectivity index (χ2n) is 3.98. The molecule has 2 amide bonds. The highest BCUT2D eigenvalue weighted by Gasteiger charge is 2.22. The van der Waals surface area contributed by atoms with E-state index in [4.69, 9.17) is 9.84 Å². The Hall–Kier alpha value is -1.79. The third-order valence-electron chi connectivity index (χ3n) is 2.41. The van der Waals surface area contributed by atoms with Crippen LogP contribution in [0.5, 0.6) is 0 Å². The molecule has 0 aliphatic rings. The predicted molar refractivity (Wildman–Crippen MR) is 68.7 cm³/mol. The molecule has 0 fully saturated rings. The summed E-state index contributed by atoms with van der Waals surface area (Å²) in [5.74, 6) is -1.60. The van der Waals surface area contributed by atoms with Crippen molar-refractivity contribution in [3.8, 4) is 0 Å². The van der Waals surface area contributed by atoms with Crippen molar-refractivity contribution in [1.29, 1.82) is 0 Å². The number of nitrogens with one attached hydrogen (secondary N) is 1. The topological polar surface area (TPSA) is 95.9 Å². The quantitative estimate of drug-likeness (QED) is 0.639. The molecule has 0 aliphatic heterocycles. The zero-order valence-electron chi connectivity index (χ0n) is 11.6. The van der Waals surface area contributed by atoms with Crippen molar-refractivity contribution in [3.05, 3.63) is 0 Å². The van der Waals surface area contributed by atoms with E-state index in [1.54, 1.807) is 13.8 Å². The number of hydrogen-bond donors (Lipinski definition) is 2. The third-order valence-corrected chi connectivity index (χ3v) is 2.41. The van der Waals surface area contributed by atoms with E-state index in [9.17, 15) is 14.4 Å². The monoisotopic (exact) mass is 274 g/mol. The van der Waals surface area contributed by atoms with Crippen LogP contribution in [0.1, 0.15) is 33.6 Å². The zero-order valence-corrected chi connectivity index (χ0v) is 11.6. The standard InChI is InChI=1S/C12H22N2O5/c1-4-7-14(8-10(15)19-6-3)12(18)13-9(5-2)11(16)17/h9H,4-8H2,1-3H3,(H,13,18)(H,16,17)/t9-/m1/s1. The first-order valence-corrected chi connectivity index (χ1v) is 6.40. The van der Waals surface area contributed by atoms with Gasteiger partial charge >= 0.3 is 18.0 Å². The number of carbonyl (C=O) groups excluding carboxylic acids is 2. The van der Waals surface area contributed by atoms with E-state index in [2.05, 4.69) is 5.32 Å². The minimum absolute atomic E-state index is 0.177. The van der Waals surface area contributed by atoms with Gasteiger partial charge in [-0.2, -0.15) is 0 Å². The minimum Gasteiger partial charge on any atom is -0.480 e. The Bertz CT molecular complexity index is 319. The summed E-state index contributed by atoms with van der Waals surface area (Å²) in [6.45, 7) is 5.63. The first-order valence-electron chi connectivity index (χ1n) is 6.40. The van der Waals surface area contributed by atoms with Gasteiger partial charge in [0.1, 0.15) is 12.6 Å². The normalized spacial score (nSPS) is 11.5. The van der Waals surface area contributed by atoms with Crippen LogP contribution in [0.3, 0.4) is 0 Å². The molecule has 0 rings (SSSR count). The minimum atomic E-state index is -1.09. The molecule has 0 radical (unpaired) electrons. The fourth-order valence-corrected chi connectivity index (χ4v) is 1.46. The highest BCUT2D eigenvalue weighted by Crippen LogP contribution is 1.98. The van der Waals surface area contributed by atoms with Crippen molar-refractivity contribution in [2.75, 3.05) is 19.7 Å². The largest absolute Gasteiger partial charge is 0.480 e. The molecular weight excluding hydrogens is 252 g/mol. The van der Waals surface area contributed by atoms with Crippen LogP contribution < -0.4 is 5.32 Å². The van der Waals surface area contributed by atoms with E-state index in [0.29, 0.717) is 13.0 Å². The fraction of sp³-hybridized carbons (Fsp3) is 0.750. The highest BCUT2D eigenvalue weighted by atomic mass is 16.5. The average molecular weight is 274 g/mol. The lowest BCUT2D eigenvalue weighted by atomic mass is 10.2. The van der Waals surface area contributed by atoms with E-state index in [-0.39, 0.29) is 19.6 Å². The van der Waals surface area contributed by atoms with Crippen molar-refractivity contribution >= 4 is 18.0 Å². The van der Waals surface area contributed by atoms with Crippen LogP contribution in [0.15, 0.2) is 0 Å². The van der Waals surface area contributed by atoms with Crippen LogP contribution in [-0.4, -0.2) is 53.7 Å². The van der Waals surface area contributed by atoms with E-state index < -0.39 is 24.0 Å². The Labute approximate surface area is 112 Å². The lowest BCUT2D eigenvalue weighted by Gasteiger charge is -2.23. The summed E-state index contributed by atoms with van der Waals surface area (Å²) in [4.78, 5) is 35.4. The summed E-state index contributed by atoms with van der Waals surface area (Å²) in [5, 5.41) is 11.3. The average Bonchev–Trinajstić information content (AvgIpc) is 2.35. The summed E-state index contributed by atoms with van der Waals surface area (Å²) in [6.07, 6.45) is 0.942. The van der Waals surface area contributed by atoms with E-state index in [0.717, 1.165) is 0 Å². The van der Waals surface area contributed by atoms with Gasteiger partial charge in [-0.25, -0.2) is 9.59 Å². The number of ether oxygens (including phenoxy) is 1. The van der Waals surface area contributed by atoms with Crippen molar-refractivity contribution in [3.63, 3.8) is 0 Å². The molecule has 0 bridgehead atoms. The van der Waals surface area contributed by atoms with Gasteiger partial charge in [-0.15, -0.1) is 0 Å². The molecule has 0 saturated heterocycles. The molecule has 0 aromatic heterocycles. The SMILES string of the molecule is CCCN(CC(=O)OCC)C(=O)N[C@H](CC)C(=O)O. The fourth-order valence-electron chi connectivity index (χ4n) is 1.46. The summed E-state index contributed by atoms with van der Waals surface area (Å²) >= 11 is 0. The molecule has 2 N–H and O–H groups in total. The van der Waals surface area contributed by atoms with Crippen LogP contribution >= 0.6 is 0 Å². The van der Waals surface area contributed by atoms with E-state index >= 15 is 0 Å². The number of amides is 2. The van der Waals surface area contributed by atoms with Gasteiger partial charge in [0.15, 0.2) is 0 Å². The lowest BCUT2D eigenvalue weighted by molar-refractivity contribution is -0.143. The van der Waals surface area contributed by atoms with Crippen LogP contribution in [0.25, 0.3) is 0 Å². The van der Waals surface area contributed by atoms with Crippen LogP contribution in [0.2, 0.25) is 0 Å².